The van der Waals surface area contributed by atoms with Crippen LogP contribution in [0.2, 0.25) is 0 Å². The van der Waals surface area contributed by atoms with Gasteiger partial charge in [0.15, 0.2) is 5.76 Å². The second-order valence-electron chi connectivity index (χ2n) is 5.77. The number of hydrogen-bond donors (Lipinski definition) is 2. The van der Waals surface area contributed by atoms with Gasteiger partial charge in [-0.05, 0) is 18.0 Å². The van der Waals surface area contributed by atoms with Crippen molar-refractivity contribution in [1.29, 1.82) is 0 Å². The lowest BCUT2D eigenvalue weighted by molar-refractivity contribution is 0.287. The maximum Gasteiger partial charge on any atom is 0.258 e. The van der Waals surface area contributed by atoms with Gasteiger partial charge >= 0.3 is 0 Å². The zero-order valence-corrected chi connectivity index (χ0v) is 16.5. The number of rotatable bonds is 9. The lowest BCUT2D eigenvalue weighted by Gasteiger charge is -2.05. The van der Waals surface area contributed by atoms with Gasteiger partial charge in [0.25, 0.3) is 5.88 Å². The molecule has 0 aliphatic carbocycles. The lowest BCUT2D eigenvalue weighted by atomic mass is 10.0. The van der Waals surface area contributed by atoms with Crippen LogP contribution in [0.3, 0.4) is 0 Å². The van der Waals surface area contributed by atoms with Crippen molar-refractivity contribution in [2.24, 2.45) is 5.73 Å². The molecule has 148 valence electrons. The quantitative estimate of drug-likeness (QED) is 0.532. The van der Waals surface area contributed by atoms with Crippen LogP contribution in [0, 0.1) is 0 Å². The van der Waals surface area contributed by atoms with Gasteiger partial charge in [-0.2, -0.15) is 0 Å². The summed E-state index contributed by atoms with van der Waals surface area (Å²) in [6.07, 6.45) is 8.98. The average molecular weight is 394 g/mol. The molecule has 0 radical (unpaired) electrons. The van der Waals surface area contributed by atoms with Crippen molar-refractivity contribution in [3.05, 3.63) is 48.3 Å². The molecule has 3 N–H and O–H groups in total. The molecule has 0 spiro atoms. The van der Waals surface area contributed by atoms with Gasteiger partial charge in [-0.1, -0.05) is 61.7 Å². The Bertz CT molecular complexity index is 687. The van der Waals surface area contributed by atoms with Crippen molar-refractivity contribution in [3.63, 3.8) is 0 Å². The first kappa shape index (κ1) is 22.7. The Hall–Kier alpha value is -2.38. The predicted octanol–water partition coefficient (Wildman–Crippen LogP) is 4.03. The van der Waals surface area contributed by atoms with Gasteiger partial charge in [0.1, 0.15) is 6.61 Å². The molecular formula is C19H28ClN5O2. The van der Waals surface area contributed by atoms with Crippen LogP contribution in [0.5, 0.6) is 5.88 Å². The summed E-state index contributed by atoms with van der Waals surface area (Å²) in [6, 6.07) is 10.1. The molecule has 0 aliphatic rings. The van der Waals surface area contributed by atoms with Crippen LogP contribution >= 0.6 is 12.4 Å². The SMILES string of the molecule is CCCCCCc1c(OCCN)noc1-c1ccccc1.Cl.c1c[nH]nn1. The smallest absolute Gasteiger partial charge is 0.258 e. The van der Waals surface area contributed by atoms with Crippen LogP contribution in [0.15, 0.2) is 47.2 Å². The maximum absolute atomic E-state index is 5.62. The van der Waals surface area contributed by atoms with Gasteiger partial charge < -0.3 is 15.0 Å². The molecule has 3 aromatic rings. The third-order valence-corrected chi connectivity index (χ3v) is 3.76. The summed E-state index contributed by atoms with van der Waals surface area (Å²) in [4.78, 5) is 0. The summed E-state index contributed by atoms with van der Waals surface area (Å²) < 4.78 is 11.1. The second kappa shape index (κ2) is 13.8. The Balaban J connectivity index is 0.000000526. The fourth-order valence-corrected chi connectivity index (χ4v) is 2.50. The molecule has 0 atom stereocenters. The monoisotopic (exact) mass is 393 g/mol. The average Bonchev–Trinajstić information content (AvgIpc) is 3.38. The zero-order valence-electron chi connectivity index (χ0n) is 15.6. The molecule has 0 bridgehead atoms. The van der Waals surface area contributed by atoms with E-state index in [0.29, 0.717) is 19.0 Å². The molecule has 2 aromatic heterocycles. The number of nitrogens with one attached hydrogen (secondary N) is 1. The highest BCUT2D eigenvalue weighted by Crippen LogP contribution is 2.32. The number of halogens is 1. The zero-order chi connectivity index (χ0) is 18.5. The first-order valence-electron chi connectivity index (χ1n) is 9.04. The van der Waals surface area contributed by atoms with Crippen LogP contribution < -0.4 is 10.5 Å². The first-order chi connectivity index (χ1) is 12.9. The van der Waals surface area contributed by atoms with E-state index in [9.17, 15) is 0 Å². The number of hydrogen-bond acceptors (Lipinski definition) is 6. The van der Waals surface area contributed by atoms with E-state index in [-0.39, 0.29) is 12.4 Å². The summed E-state index contributed by atoms with van der Waals surface area (Å²) >= 11 is 0. The maximum atomic E-state index is 5.62. The molecule has 27 heavy (non-hydrogen) atoms. The Morgan fingerprint density at radius 3 is 2.56 bits per heavy atom. The van der Waals surface area contributed by atoms with Gasteiger partial charge in [-0.3, -0.25) is 5.10 Å². The van der Waals surface area contributed by atoms with E-state index in [2.05, 4.69) is 27.5 Å². The fraction of sp³-hybridized carbons (Fsp3) is 0.421. The van der Waals surface area contributed by atoms with Gasteiger partial charge in [-0.15, -0.1) is 17.5 Å². The highest BCUT2D eigenvalue weighted by molar-refractivity contribution is 5.85. The van der Waals surface area contributed by atoms with Crippen molar-refractivity contribution in [3.8, 4) is 17.2 Å². The normalized spacial score (nSPS) is 9.85. The van der Waals surface area contributed by atoms with Crippen LogP contribution in [-0.4, -0.2) is 33.7 Å². The third kappa shape index (κ3) is 7.80. The second-order valence-corrected chi connectivity index (χ2v) is 5.77. The number of aromatic nitrogens is 4. The minimum Gasteiger partial charge on any atom is -0.474 e. The molecule has 1 aromatic carbocycles. The molecule has 2 heterocycles. The van der Waals surface area contributed by atoms with Crippen molar-refractivity contribution in [2.75, 3.05) is 13.2 Å². The number of H-pyrrole nitrogens is 1. The number of ether oxygens (including phenoxy) is 1. The highest BCUT2D eigenvalue weighted by atomic mass is 35.5. The number of unbranched alkanes of at least 4 members (excludes halogenated alkanes) is 3. The van der Waals surface area contributed by atoms with Crippen molar-refractivity contribution in [1.82, 2.24) is 20.6 Å². The minimum atomic E-state index is 0. The van der Waals surface area contributed by atoms with E-state index in [1.54, 1.807) is 12.4 Å². The predicted molar refractivity (Wildman–Crippen MR) is 108 cm³/mol. The summed E-state index contributed by atoms with van der Waals surface area (Å²) in [5.74, 6) is 1.41. The van der Waals surface area contributed by atoms with Crippen LogP contribution in [0.4, 0.5) is 0 Å². The molecule has 0 saturated heterocycles. The Morgan fingerprint density at radius 1 is 1.15 bits per heavy atom. The van der Waals surface area contributed by atoms with Crippen LogP contribution in [0.25, 0.3) is 11.3 Å². The third-order valence-electron chi connectivity index (χ3n) is 3.76. The van der Waals surface area contributed by atoms with E-state index in [1.165, 1.54) is 19.3 Å². The van der Waals surface area contributed by atoms with E-state index < -0.39 is 0 Å². The summed E-state index contributed by atoms with van der Waals surface area (Å²) in [7, 11) is 0. The van der Waals surface area contributed by atoms with Crippen LogP contribution in [0.1, 0.15) is 38.2 Å². The van der Waals surface area contributed by atoms with Gasteiger partial charge in [0.2, 0.25) is 0 Å². The minimum absolute atomic E-state index is 0. The number of aromatic amines is 1. The van der Waals surface area contributed by atoms with Crippen molar-refractivity contribution < 1.29 is 9.26 Å². The first-order valence-corrected chi connectivity index (χ1v) is 9.04. The Morgan fingerprint density at radius 2 is 1.96 bits per heavy atom. The van der Waals surface area contributed by atoms with E-state index >= 15 is 0 Å². The fourth-order valence-electron chi connectivity index (χ4n) is 2.50. The number of nitrogens with two attached hydrogens (primary N) is 1. The van der Waals surface area contributed by atoms with Crippen LogP contribution in [-0.2, 0) is 6.42 Å². The molecule has 0 aliphatic heterocycles. The van der Waals surface area contributed by atoms with Crippen molar-refractivity contribution in [2.45, 2.75) is 39.0 Å². The standard InChI is InChI=1S/C17H24N2O2.C2H3N3.ClH/c1-2-3-4-8-11-15-16(14-9-6-5-7-10-14)21-19-17(15)20-13-12-18;1-2-4-5-3-1;/h5-7,9-10H,2-4,8,11-13,18H2,1H3;1-2H,(H,3,4,5);1H. The molecular weight excluding hydrogens is 366 g/mol. The molecule has 8 heteroatoms. The summed E-state index contributed by atoms with van der Waals surface area (Å²) in [5, 5.41) is 13.3. The largest absolute Gasteiger partial charge is 0.474 e. The van der Waals surface area contributed by atoms with Gasteiger partial charge in [0, 0.05) is 18.3 Å². The molecule has 0 amide bonds. The van der Waals surface area contributed by atoms with E-state index in [1.807, 2.05) is 30.3 Å². The summed E-state index contributed by atoms with van der Waals surface area (Å²) in [6.45, 7) is 3.15. The highest BCUT2D eigenvalue weighted by Gasteiger charge is 2.18. The molecule has 7 nitrogen and oxygen atoms in total. The lowest BCUT2D eigenvalue weighted by Crippen LogP contribution is -2.11. The number of nitrogens with zero attached hydrogens (tertiary/aromatic N) is 3. The van der Waals surface area contributed by atoms with E-state index in [4.69, 9.17) is 15.0 Å². The van der Waals surface area contributed by atoms with Gasteiger partial charge in [0.05, 0.1) is 11.8 Å². The van der Waals surface area contributed by atoms with E-state index in [0.717, 1.165) is 29.7 Å². The molecule has 0 saturated carbocycles. The molecule has 0 fully saturated rings. The topological polar surface area (TPSA) is 103 Å². The summed E-state index contributed by atoms with van der Waals surface area (Å²) in [5.41, 5.74) is 7.60. The van der Waals surface area contributed by atoms with Gasteiger partial charge in [-0.25, -0.2) is 0 Å². The van der Waals surface area contributed by atoms with Crippen molar-refractivity contribution >= 4 is 12.4 Å². The molecule has 3 rings (SSSR count). The number of benzene rings is 1. The Kier molecular flexibility index (Phi) is 11.6. The Labute approximate surface area is 166 Å². The molecule has 0 unspecified atom stereocenters.